The zero-order valence-corrected chi connectivity index (χ0v) is 10.8. The summed E-state index contributed by atoms with van der Waals surface area (Å²) in [6.07, 6.45) is 0. The molecule has 1 amide bonds. The third-order valence-electron chi connectivity index (χ3n) is 2.65. The average molecular weight is 271 g/mol. The topological polar surface area (TPSA) is 78.6 Å². The quantitative estimate of drug-likeness (QED) is 0.681. The molecule has 0 heterocycles. The molecule has 2 aromatic carbocycles. The maximum Gasteiger partial charge on any atom is 0.343 e. The van der Waals surface area contributed by atoms with E-state index in [9.17, 15) is 9.59 Å². The summed E-state index contributed by atoms with van der Waals surface area (Å²) in [4.78, 5) is 22.9. The molecule has 0 bridgehead atoms. The van der Waals surface area contributed by atoms with E-state index in [2.05, 4.69) is 0 Å². The van der Waals surface area contributed by atoms with Gasteiger partial charge in [-0.15, -0.1) is 0 Å². The summed E-state index contributed by atoms with van der Waals surface area (Å²) in [5.41, 5.74) is 5.86. The molecule has 0 spiro atoms. The predicted molar refractivity (Wildman–Crippen MR) is 72.9 cm³/mol. The van der Waals surface area contributed by atoms with E-state index in [-0.39, 0.29) is 0 Å². The number of esters is 1. The molecule has 0 saturated carbocycles. The third-order valence-corrected chi connectivity index (χ3v) is 2.65. The molecule has 0 aliphatic carbocycles. The van der Waals surface area contributed by atoms with Crippen molar-refractivity contribution in [1.29, 1.82) is 0 Å². The Morgan fingerprint density at radius 3 is 2.25 bits per heavy atom. The van der Waals surface area contributed by atoms with E-state index < -0.39 is 11.9 Å². The van der Waals surface area contributed by atoms with Gasteiger partial charge in [0.2, 0.25) is 5.91 Å². The Kier molecular flexibility index (Phi) is 4.00. The van der Waals surface area contributed by atoms with Gasteiger partial charge in [-0.2, -0.15) is 0 Å². The van der Waals surface area contributed by atoms with Crippen LogP contribution in [-0.2, 0) is 0 Å². The molecule has 5 heteroatoms. The fourth-order valence-electron chi connectivity index (χ4n) is 1.60. The highest BCUT2D eigenvalue weighted by molar-refractivity contribution is 5.93. The molecule has 2 rings (SSSR count). The maximum atomic E-state index is 11.9. The first-order valence-electron chi connectivity index (χ1n) is 5.86. The minimum Gasteiger partial charge on any atom is -0.497 e. The van der Waals surface area contributed by atoms with Crippen molar-refractivity contribution in [2.45, 2.75) is 0 Å². The zero-order chi connectivity index (χ0) is 14.5. The molecule has 2 N–H and O–H groups in total. The summed E-state index contributed by atoms with van der Waals surface area (Å²) in [6, 6.07) is 12.7. The van der Waals surface area contributed by atoms with E-state index in [1.165, 1.54) is 31.4 Å². The lowest BCUT2D eigenvalue weighted by atomic mass is 10.2. The molecule has 2 aromatic rings. The van der Waals surface area contributed by atoms with Gasteiger partial charge in [0.15, 0.2) is 0 Å². The molecule has 0 aromatic heterocycles. The number of carbonyl (C=O) groups is 2. The summed E-state index contributed by atoms with van der Waals surface area (Å²) >= 11 is 0. The van der Waals surface area contributed by atoms with Gasteiger partial charge >= 0.3 is 5.97 Å². The van der Waals surface area contributed by atoms with E-state index in [1.54, 1.807) is 24.3 Å². The van der Waals surface area contributed by atoms with Gasteiger partial charge in [0.05, 0.1) is 12.7 Å². The zero-order valence-electron chi connectivity index (χ0n) is 10.8. The molecule has 0 saturated heterocycles. The lowest BCUT2D eigenvalue weighted by Gasteiger charge is -2.06. The maximum absolute atomic E-state index is 11.9. The second kappa shape index (κ2) is 5.88. The van der Waals surface area contributed by atoms with Crippen LogP contribution in [-0.4, -0.2) is 19.0 Å². The monoisotopic (exact) mass is 271 g/mol. The van der Waals surface area contributed by atoms with Crippen LogP contribution in [0.5, 0.6) is 11.5 Å². The number of ether oxygens (including phenoxy) is 2. The number of nitrogens with two attached hydrogens (primary N) is 1. The Balaban J connectivity index is 2.12. The van der Waals surface area contributed by atoms with E-state index >= 15 is 0 Å². The Labute approximate surface area is 115 Å². The number of primary amides is 1. The molecule has 0 aliphatic heterocycles. The van der Waals surface area contributed by atoms with Gasteiger partial charge in [-0.1, -0.05) is 6.07 Å². The average Bonchev–Trinajstić information content (AvgIpc) is 2.47. The van der Waals surface area contributed by atoms with E-state index in [1.807, 2.05) is 0 Å². The van der Waals surface area contributed by atoms with Crippen molar-refractivity contribution >= 4 is 11.9 Å². The fourth-order valence-corrected chi connectivity index (χ4v) is 1.60. The van der Waals surface area contributed by atoms with Crippen LogP contribution in [0.2, 0.25) is 0 Å². The second-order valence-electron chi connectivity index (χ2n) is 4.01. The molecule has 0 unspecified atom stereocenters. The van der Waals surface area contributed by atoms with Crippen molar-refractivity contribution in [1.82, 2.24) is 0 Å². The van der Waals surface area contributed by atoms with Gasteiger partial charge in [-0.05, 0) is 42.5 Å². The largest absolute Gasteiger partial charge is 0.497 e. The minimum atomic E-state index is -0.532. The number of hydrogen-bond acceptors (Lipinski definition) is 4. The highest BCUT2D eigenvalue weighted by Gasteiger charge is 2.10. The van der Waals surface area contributed by atoms with Gasteiger partial charge in [-0.25, -0.2) is 4.79 Å². The van der Waals surface area contributed by atoms with Crippen LogP contribution in [0.1, 0.15) is 20.7 Å². The van der Waals surface area contributed by atoms with Gasteiger partial charge in [0.1, 0.15) is 11.5 Å². The lowest BCUT2D eigenvalue weighted by Crippen LogP contribution is -2.11. The van der Waals surface area contributed by atoms with Gasteiger partial charge in [0.25, 0.3) is 0 Å². The number of benzene rings is 2. The van der Waals surface area contributed by atoms with Crippen LogP contribution in [0.3, 0.4) is 0 Å². The minimum absolute atomic E-state index is 0.336. The smallest absolute Gasteiger partial charge is 0.343 e. The predicted octanol–water partition coefficient (Wildman–Crippen LogP) is 2.01. The number of methoxy groups -OCH3 is 1. The van der Waals surface area contributed by atoms with Crippen molar-refractivity contribution in [3.05, 3.63) is 59.7 Å². The molecule has 20 heavy (non-hydrogen) atoms. The summed E-state index contributed by atoms with van der Waals surface area (Å²) in [6.45, 7) is 0. The molecule has 102 valence electrons. The van der Waals surface area contributed by atoms with Crippen molar-refractivity contribution in [2.75, 3.05) is 7.11 Å². The summed E-state index contributed by atoms with van der Waals surface area (Å²) < 4.78 is 10.2. The Hall–Kier alpha value is -2.82. The number of rotatable bonds is 4. The van der Waals surface area contributed by atoms with Crippen molar-refractivity contribution < 1.29 is 19.1 Å². The third kappa shape index (κ3) is 3.14. The van der Waals surface area contributed by atoms with Crippen LogP contribution in [0, 0.1) is 0 Å². The highest BCUT2D eigenvalue weighted by Crippen LogP contribution is 2.17. The molecular weight excluding hydrogens is 258 g/mol. The molecule has 0 fully saturated rings. The molecular formula is C15H13NO4. The van der Waals surface area contributed by atoms with Crippen molar-refractivity contribution in [3.63, 3.8) is 0 Å². The first-order chi connectivity index (χ1) is 9.60. The second-order valence-corrected chi connectivity index (χ2v) is 4.01. The number of hydrogen-bond donors (Lipinski definition) is 1. The summed E-state index contributed by atoms with van der Waals surface area (Å²) in [7, 11) is 1.52. The van der Waals surface area contributed by atoms with Crippen LogP contribution >= 0.6 is 0 Å². The number of carbonyl (C=O) groups excluding carboxylic acids is 2. The van der Waals surface area contributed by atoms with Gasteiger partial charge in [0, 0.05) is 5.56 Å². The normalized spacial score (nSPS) is 9.85. The van der Waals surface area contributed by atoms with Crippen LogP contribution in [0.25, 0.3) is 0 Å². The first-order valence-corrected chi connectivity index (χ1v) is 5.86. The Bertz CT molecular complexity index is 635. The van der Waals surface area contributed by atoms with Gasteiger partial charge in [-0.3, -0.25) is 4.79 Å². The van der Waals surface area contributed by atoms with Crippen molar-refractivity contribution in [3.8, 4) is 11.5 Å². The summed E-state index contributed by atoms with van der Waals surface area (Å²) in [5.74, 6) is -0.127. The van der Waals surface area contributed by atoms with E-state index in [0.29, 0.717) is 22.6 Å². The molecule has 0 atom stereocenters. The van der Waals surface area contributed by atoms with Gasteiger partial charge < -0.3 is 15.2 Å². The molecule has 0 radical (unpaired) electrons. The lowest BCUT2D eigenvalue weighted by molar-refractivity contribution is 0.0734. The Morgan fingerprint density at radius 2 is 1.65 bits per heavy atom. The first kappa shape index (κ1) is 13.6. The van der Waals surface area contributed by atoms with Crippen LogP contribution in [0.4, 0.5) is 0 Å². The SMILES string of the molecule is COc1cccc(C(=O)Oc2ccc(C(N)=O)cc2)c1. The van der Waals surface area contributed by atoms with Crippen molar-refractivity contribution in [2.24, 2.45) is 5.73 Å². The Morgan fingerprint density at radius 1 is 0.950 bits per heavy atom. The standard InChI is InChI=1S/C15H13NO4/c1-19-13-4-2-3-11(9-13)15(18)20-12-7-5-10(6-8-12)14(16)17/h2-9H,1H3,(H2,16,17). The van der Waals surface area contributed by atoms with E-state index in [0.717, 1.165) is 0 Å². The fraction of sp³-hybridized carbons (Fsp3) is 0.0667. The molecule has 0 aliphatic rings. The summed E-state index contributed by atoms with van der Waals surface area (Å²) in [5, 5.41) is 0. The van der Waals surface area contributed by atoms with Crippen LogP contribution < -0.4 is 15.2 Å². The van der Waals surface area contributed by atoms with Crippen LogP contribution in [0.15, 0.2) is 48.5 Å². The molecule has 5 nitrogen and oxygen atoms in total. The number of amides is 1. The van der Waals surface area contributed by atoms with E-state index in [4.69, 9.17) is 15.2 Å². The highest BCUT2D eigenvalue weighted by atomic mass is 16.5.